The molecule has 20 heavy (non-hydrogen) atoms. The molecule has 4 nitrogen and oxygen atoms in total. The van der Waals surface area contributed by atoms with Gasteiger partial charge in [0.05, 0.1) is 11.3 Å². The van der Waals surface area contributed by atoms with Crippen LogP contribution in [0.5, 0.6) is 0 Å². The van der Waals surface area contributed by atoms with E-state index < -0.39 is 0 Å². The van der Waals surface area contributed by atoms with E-state index in [1.165, 1.54) is 50.7 Å². The van der Waals surface area contributed by atoms with E-state index in [0.29, 0.717) is 17.3 Å². The van der Waals surface area contributed by atoms with Gasteiger partial charge in [0.25, 0.3) is 0 Å². The molecule has 1 saturated carbocycles. The SMILES string of the molecule is C1CSC(c2noc(C3CCC4CCCCC4N3)n2)C1. The van der Waals surface area contributed by atoms with Crippen LogP contribution in [0.15, 0.2) is 4.52 Å². The molecule has 2 saturated heterocycles. The van der Waals surface area contributed by atoms with E-state index in [4.69, 9.17) is 9.51 Å². The monoisotopic (exact) mass is 293 g/mol. The quantitative estimate of drug-likeness (QED) is 0.902. The highest BCUT2D eigenvalue weighted by Crippen LogP contribution is 2.40. The highest BCUT2D eigenvalue weighted by atomic mass is 32.2. The lowest BCUT2D eigenvalue weighted by molar-refractivity contribution is 0.158. The smallest absolute Gasteiger partial charge is 0.243 e. The Labute approximate surface area is 124 Å². The maximum atomic E-state index is 5.56. The lowest BCUT2D eigenvalue weighted by Crippen LogP contribution is -2.44. The van der Waals surface area contributed by atoms with Crippen molar-refractivity contribution in [1.82, 2.24) is 15.5 Å². The maximum Gasteiger partial charge on any atom is 0.243 e. The predicted molar refractivity (Wildman–Crippen MR) is 79.6 cm³/mol. The fraction of sp³-hybridized carbons (Fsp3) is 0.867. The molecule has 0 aromatic carbocycles. The van der Waals surface area contributed by atoms with Crippen LogP contribution in [-0.2, 0) is 0 Å². The van der Waals surface area contributed by atoms with E-state index in [2.05, 4.69) is 10.5 Å². The third-order valence-electron chi connectivity index (χ3n) is 5.12. The van der Waals surface area contributed by atoms with E-state index in [1.807, 2.05) is 11.8 Å². The molecule has 110 valence electrons. The molecule has 0 spiro atoms. The van der Waals surface area contributed by atoms with Crippen molar-refractivity contribution in [1.29, 1.82) is 0 Å². The van der Waals surface area contributed by atoms with Crippen molar-refractivity contribution in [3.63, 3.8) is 0 Å². The fourth-order valence-corrected chi connectivity index (χ4v) is 5.19. The Kier molecular flexibility index (Phi) is 3.73. The topological polar surface area (TPSA) is 51.0 Å². The van der Waals surface area contributed by atoms with Crippen molar-refractivity contribution in [3.8, 4) is 0 Å². The van der Waals surface area contributed by atoms with Crippen LogP contribution >= 0.6 is 11.8 Å². The maximum absolute atomic E-state index is 5.56. The van der Waals surface area contributed by atoms with Crippen LogP contribution in [0.3, 0.4) is 0 Å². The van der Waals surface area contributed by atoms with Crippen molar-refractivity contribution in [2.24, 2.45) is 5.92 Å². The van der Waals surface area contributed by atoms with Gasteiger partial charge in [0.15, 0.2) is 5.82 Å². The lowest BCUT2D eigenvalue weighted by Gasteiger charge is -2.39. The summed E-state index contributed by atoms with van der Waals surface area (Å²) < 4.78 is 5.56. The molecule has 0 amide bonds. The number of fused-ring (bicyclic) bond motifs is 1. The highest BCUT2D eigenvalue weighted by Gasteiger charge is 2.35. The second kappa shape index (κ2) is 5.68. The van der Waals surface area contributed by atoms with Crippen molar-refractivity contribution >= 4 is 11.8 Å². The average molecular weight is 293 g/mol. The van der Waals surface area contributed by atoms with Gasteiger partial charge in [-0.1, -0.05) is 18.0 Å². The number of nitrogens with zero attached hydrogens (tertiary/aromatic N) is 2. The molecular formula is C15H23N3OS. The molecule has 4 rings (SSSR count). The molecule has 1 aromatic rings. The first kappa shape index (κ1) is 13.1. The van der Waals surface area contributed by atoms with Crippen molar-refractivity contribution in [2.45, 2.75) is 68.7 Å². The van der Waals surface area contributed by atoms with E-state index >= 15 is 0 Å². The number of nitrogens with one attached hydrogen (secondary N) is 1. The summed E-state index contributed by atoms with van der Waals surface area (Å²) in [6, 6.07) is 0.973. The summed E-state index contributed by atoms with van der Waals surface area (Å²) >= 11 is 1.97. The largest absolute Gasteiger partial charge is 0.338 e. The Morgan fingerprint density at radius 2 is 2.00 bits per heavy atom. The van der Waals surface area contributed by atoms with Gasteiger partial charge in [-0.15, -0.1) is 0 Å². The minimum absolute atomic E-state index is 0.294. The minimum Gasteiger partial charge on any atom is -0.338 e. The zero-order valence-corrected chi connectivity index (χ0v) is 12.7. The van der Waals surface area contributed by atoms with Gasteiger partial charge < -0.3 is 9.84 Å². The van der Waals surface area contributed by atoms with E-state index in [0.717, 1.165) is 24.1 Å². The Bertz CT molecular complexity index is 458. The Morgan fingerprint density at radius 1 is 1.05 bits per heavy atom. The third kappa shape index (κ3) is 2.50. The van der Waals surface area contributed by atoms with Crippen molar-refractivity contribution < 1.29 is 4.52 Å². The standard InChI is InChI=1S/C15H23N3OS/c1-2-5-11-10(4-1)7-8-12(16-11)15-17-14(18-19-15)13-6-3-9-20-13/h10-13,16H,1-9H2. The predicted octanol–water partition coefficient (Wildman–Crippen LogP) is 3.62. The number of rotatable bonds is 2. The van der Waals surface area contributed by atoms with Crippen LogP contribution in [0, 0.1) is 5.92 Å². The number of hydrogen-bond donors (Lipinski definition) is 1. The average Bonchev–Trinajstić information content (AvgIpc) is 3.17. The lowest BCUT2D eigenvalue weighted by atomic mass is 9.78. The first-order valence-electron chi connectivity index (χ1n) is 8.11. The van der Waals surface area contributed by atoms with E-state index in [1.54, 1.807) is 0 Å². The molecule has 3 heterocycles. The second-order valence-electron chi connectivity index (χ2n) is 6.44. The Balaban J connectivity index is 1.45. The van der Waals surface area contributed by atoms with Gasteiger partial charge in [-0.2, -0.15) is 16.7 Å². The van der Waals surface area contributed by atoms with Gasteiger partial charge in [-0.3, -0.25) is 0 Å². The summed E-state index contributed by atoms with van der Waals surface area (Å²) in [7, 11) is 0. The molecule has 4 unspecified atom stereocenters. The molecule has 1 N–H and O–H groups in total. The summed E-state index contributed by atoms with van der Waals surface area (Å²) in [6.45, 7) is 0. The zero-order valence-electron chi connectivity index (χ0n) is 11.9. The number of piperidine rings is 1. The first-order chi connectivity index (χ1) is 9.90. The van der Waals surface area contributed by atoms with Crippen LogP contribution in [0.2, 0.25) is 0 Å². The normalized spacial score (nSPS) is 37.8. The molecule has 1 aliphatic carbocycles. The number of thioether (sulfide) groups is 1. The van der Waals surface area contributed by atoms with Crippen LogP contribution in [0.25, 0.3) is 0 Å². The number of hydrogen-bond acceptors (Lipinski definition) is 5. The summed E-state index contributed by atoms with van der Waals surface area (Å²) in [6.07, 6.45) is 10.5. The molecule has 0 bridgehead atoms. The molecular weight excluding hydrogens is 270 g/mol. The number of aromatic nitrogens is 2. The van der Waals surface area contributed by atoms with Gasteiger partial charge in [-0.05, 0) is 50.2 Å². The summed E-state index contributed by atoms with van der Waals surface area (Å²) in [5, 5.41) is 8.47. The highest BCUT2D eigenvalue weighted by molar-refractivity contribution is 7.99. The molecule has 2 aliphatic heterocycles. The van der Waals surface area contributed by atoms with E-state index in [-0.39, 0.29) is 0 Å². The van der Waals surface area contributed by atoms with E-state index in [9.17, 15) is 0 Å². The molecule has 3 aliphatic rings. The zero-order chi connectivity index (χ0) is 13.4. The Hall–Kier alpha value is -0.550. The molecule has 0 radical (unpaired) electrons. The van der Waals surface area contributed by atoms with Gasteiger partial charge in [0.2, 0.25) is 5.89 Å². The van der Waals surface area contributed by atoms with Crippen molar-refractivity contribution in [2.75, 3.05) is 5.75 Å². The second-order valence-corrected chi connectivity index (χ2v) is 7.75. The van der Waals surface area contributed by atoms with Gasteiger partial charge in [0, 0.05) is 6.04 Å². The van der Waals surface area contributed by atoms with Crippen LogP contribution < -0.4 is 5.32 Å². The van der Waals surface area contributed by atoms with Gasteiger partial charge in [0.1, 0.15) is 0 Å². The molecule has 1 aromatic heterocycles. The van der Waals surface area contributed by atoms with Gasteiger partial charge >= 0.3 is 0 Å². The van der Waals surface area contributed by atoms with Gasteiger partial charge in [-0.25, -0.2) is 0 Å². The summed E-state index contributed by atoms with van der Waals surface area (Å²) in [4.78, 5) is 4.69. The van der Waals surface area contributed by atoms with Crippen molar-refractivity contribution in [3.05, 3.63) is 11.7 Å². The minimum atomic E-state index is 0.294. The van der Waals surface area contributed by atoms with Crippen LogP contribution in [-0.4, -0.2) is 21.9 Å². The Morgan fingerprint density at radius 3 is 2.90 bits per heavy atom. The van der Waals surface area contributed by atoms with Crippen LogP contribution in [0.1, 0.15) is 74.4 Å². The summed E-state index contributed by atoms with van der Waals surface area (Å²) in [5.41, 5.74) is 0. The fourth-order valence-electron chi connectivity index (χ4n) is 3.99. The molecule has 5 heteroatoms. The molecule has 3 fully saturated rings. The van der Waals surface area contributed by atoms with Crippen LogP contribution in [0.4, 0.5) is 0 Å². The third-order valence-corrected chi connectivity index (χ3v) is 6.50. The summed E-state index contributed by atoms with van der Waals surface area (Å²) in [5.74, 6) is 3.87. The first-order valence-corrected chi connectivity index (χ1v) is 9.16. The molecule has 4 atom stereocenters.